The molecular weight excluding hydrogens is 182 g/mol. The maximum atomic E-state index is 5.41. The highest BCUT2D eigenvalue weighted by Crippen LogP contribution is 2.11. The Morgan fingerprint density at radius 1 is 1.00 bits per heavy atom. The highest BCUT2D eigenvalue weighted by molar-refractivity contribution is 5.50. The highest BCUT2D eigenvalue weighted by atomic mass is 15.2. The zero-order valence-corrected chi connectivity index (χ0v) is 7.12. The first-order valence-electron chi connectivity index (χ1n) is 3.81. The summed E-state index contributed by atoms with van der Waals surface area (Å²) in [4.78, 5) is 11.4. The van der Waals surface area contributed by atoms with E-state index in [0.717, 1.165) is 0 Å². The second kappa shape index (κ2) is 3.21. The van der Waals surface area contributed by atoms with Gasteiger partial charge in [0.2, 0.25) is 11.9 Å². The number of hydrogen-bond donors (Lipinski definition) is 2. The van der Waals surface area contributed by atoms with E-state index in [-0.39, 0.29) is 11.9 Å². The van der Waals surface area contributed by atoms with Crippen LogP contribution in [-0.4, -0.2) is 25.1 Å². The van der Waals surface area contributed by atoms with Gasteiger partial charge in [0.15, 0.2) is 5.82 Å². The molecular formula is C7H7N7. The molecule has 7 nitrogen and oxygen atoms in total. The monoisotopic (exact) mass is 189 g/mol. The topological polar surface area (TPSA) is 116 Å². The third-order valence-electron chi connectivity index (χ3n) is 1.47. The molecule has 0 fully saturated rings. The minimum atomic E-state index is 0.0677. The van der Waals surface area contributed by atoms with Crippen LogP contribution >= 0.6 is 0 Å². The summed E-state index contributed by atoms with van der Waals surface area (Å²) in [7, 11) is 0. The van der Waals surface area contributed by atoms with Crippen LogP contribution in [0.25, 0.3) is 11.5 Å². The summed E-state index contributed by atoms with van der Waals surface area (Å²) in [5.41, 5.74) is 11.3. The first kappa shape index (κ1) is 8.30. The van der Waals surface area contributed by atoms with Gasteiger partial charge in [-0.15, -0.1) is 5.10 Å². The number of anilines is 2. The number of hydrogen-bond acceptors (Lipinski definition) is 7. The molecule has 0 aliphatic heterocycles. The fourth-order valence-corrected chi connectivity index (χ4v) is 0.945. The van der Waals surface area contributed by atoms with Crippen molar-refractivity contribution in [1.82, 2.24) is 25.1 Å². The standard InChI is InChI=1S/C7H7N7/c8-6-11-5(12-7(9)13-6)4-2-1-3-10-14-4/h1-3H,(H4,8,9,11,12,13). The summed E-state index contributed by atoms with van der Waals surface area (Å²) in [6.45, 7) is 0. The minimum Gasteiger partial charge on any atom is -0.368 e. The van der Waals surface area contributed by atoms with Gasteiger partial charge in [0.1, 0.15) is 5.69 Å². The van der Waals surface area contributed by atoms with Crippen molar-refractivity contribution < 1.29 is 0 Å². The van der Waals surface area contributed by atoms with Crippen molar-refractivity contribution in [2.45, 2.75) is 0 Å². The van der Waals surface area contributed by atoms with E-state index in [1.54, 1.807) is 18.3 Å². The van der Waals surface area contributed by atoms with Gasteiger partial charge in [-0.2, -0.15) is 20.1 Å². The van der Waals surface area contributed by atoms with E-state index in [1.165, 1.54) is 0 Å². The third-order valence-corrected chi connectivity index (χ3v) is 1.47. The maximum absolute atomic E-state index is 5.41. The summed E-state index contributed by atoms with van der Waals surface area (Å²) in [5.74, 6) is 0.458. The lowest BCUT2D eigenvalue weighted by atomic mass is 10.4. The summed E-state index contributed by atoms with van der Waals surface area (Å²) < 4.78 is 0. The van der Waals surface area contributed by atoms with Crippen molar-refractivity contribution in [3.63, 3.8) is 0 Å². The van der Waals surface area contributed by atoms with Crippen LogP contribution < -0.4 is 11.5 Å². The minimum absolute atomic E-state index is 0.0677. The van der Waals surface area contributed by atoms with Crippen molar-refractivity contribution >= 4 is 11.9 Å². The van der Waals surface area contributed by atoms with E-state index < -0.39 is 0 Å². The number of aromatic nitrogens is 5. The summed E-state index contributed by atoms with van der Waals surface area (Å²) in [6.07, 6.45) is 1.55. The molecule has 0 radical (unpaired) electrons. The molecule has 0 aromatic carbocycles. The fraction of sp³-hybridized carbons (Fsp3) is 0. The number of nitrogens with zero attached hydrogens (tertiary/aromatic N) is 5. The number of nitrogens with two attached hydrogens (primary N) is 2. The molecule has 0 aliphatic rings. The SMILES string of the molecule is Nc1nc(N)nc(-c2cccnn2)n1. The average molecular weight is 189 g/mol. The fourth-order valence-electron chi connectivity index (χ4n) is 0.945. The van der Waals surface area contributed by atoms with E-state index in [2.05, 4.69) is 25.1 Å². The Labute approximate surface area is 79.2 Å². The summed E-state index contributed by atoms with van der Waals surface area (Å²) >= 11 is 0. The lowest BCUT2D eigenvalue weighted by molar-refractivity contribution is 0.998. The van der Waals surface area contributed by atoms with Gasteiger partial charge >= 0.3 is 0 Å². The van der Waals surface area contributed by atoms with Crippen molar-refractivity contribution in [2.24, 2.45) is 0 Å². The average Bonchev–Trinajstić information content (AvgIpc) is 2.18. The van der Waals surface area contributed by atoms with Gasteiger partial charge in [-0.25, -0.2) is 0 Å². The van der Waals surface area contributed by atoms with Crippen LogP contribution in [0.5, 0.6) is 0 Å². The van der Waals surface area contributed by atoms with Crippen LogP contribution in [0.15, 0.2) is 18.3 Å². The van der Waals surface area contributed by atoms with Crippen LogP contribution in [0.3, 0.4) is 0 Å². The molecule has 2 aromatic rings. The zero-order valence-electron chi connectivity index (χ0n) is 7.12. The van der Waals surface area contributed by atoms with Crippen molar-refractivity contribution in [2.75, 3.05) is 11.5 Å². The molecule has 0 unspecified atom stereocenters. The molecule has 2 aromatic heterocycles. The van der Waals surface area contributed by atoms with Gasteiger partial charge in [0, 0.05) is 6.20 Å². The molecule has 4 N–H and O–H groups in total. The van der Waals surface area contributed by atoms with Crippen LogP contribution in [0.2, 0.25) is 0 Å². The zero-order chi connectivity index (χ0) is 9.97. The van der Waals surface area contributed by atoms with Gasteiger partial charge < -0.3 is 11.5 Å². The molecule has 0 spiro atoms. The van der Waals surface area contributed by atoms with E-state index in [9.17, 15) is 0 Å². The molecule has 2 rings (SSSR count). The second-order valence-corrected chi connectivity index (χ2v) is 2.48. The normalized spacial score (nSPS) is 10.0. The van der Waals surface area contributed by atoms with E-state index >= 15 is 0 Å². The number of rotatable bonds is 1. The van der Waals surface area contributed by atoms with Gasteiger partial charge in [-0.1, -0.05) is 0 Å². The molecule has 0 saturated carbocycles. The molecule has 70 valence electrons. The highest BCUT2D eigenvalue weighted by Gasteiger charge is 2.05. The molecule has 0 saturated heterocycles. The Balaban J connectivity index is 2.52. The molecule has 0 aliphatic carbocycles. The lowest BCUT2D eigenvalue weighted by Gasteiger charge is -1.99. The van der Waals surface area contributed by atoms with Crippen LogP contribution in [-0.2, 0) is 0 Å². The second-order valence-electron chi connectivity index (χ2n) is 2.48. The van der Waals surface area contributed by atoms with Gasteiger partial charge in [-0.05, 0) is 12.1 Å². The van der Waals surface area contributed by atoms with E-state index in [1.807, 2.05) is 0 Å². The van der Waals surface area contributed by atoms with Crippen LogP contribution in [0.4, 0.5) is 11.9 Å². The Morgan fingerprint density at radius 3 is 2.29 bits per heavy atom. The summed E-state index contributed by atoms with van der Waals surface area (Å²) in [5, 5.41) is 7.51. The predicted octanol–water partition coefficient (Wildman–Crippen LogP) is -0.507. The van der Waals surface area contributed by atoms with Crippen molar-refractivity contribution in [3.05, 3.63) is 18.3 Å². The van der Waals surface area contributed by atoms with Gasteiger partial charge in [-0.3, -0.25) is 0 Å². The Bertz CT molecular complexity index is 421. The largest absolute Gasteiger partial charge is 0.368 e. The molecule has 0 amide bonds. The predicted molar refractivity (Wildman–Crippen MR) is 49.7 cm³/mol. The van der Waals surface area contributed by atoms with Crippen LogP contribution in [0.1, 0.15) is 0 Å². The van der Waals surface area contributed by atoms with Gasteiger partial charge in [0.25, 0.3) is 0 Å². The van der Waals surface area contributed by atoms with E-state index in [0.29, 0.717) is 11.5 Å². The Hall–Kier alpha value is -2.31. The number of nitrogen functional groups attached to an aromatic ring is 2. The van der Waals surface area contributed by atoms with Crippen molar-refractivity contribution in [3.8, 4) is 11.5 Å². The lowest BCUT2D eigenvalue weighted by Crippen LogP contribution is -2.05. The first-order valence-corrected chi connectivity index (χ1v) is 3.81. The first-order chi connectivity index (χ1) is 6.75. The Morgan fingerprint density at radius 2 is 1.71 bits per heavy atom. The maximum Gasteiger partial charge on any atom is 0.225 e. The molecule has 0 bridgehead atoms. The van der Waals surface area contributed by atoms with E-state index in [4.69, 9.17) is 11.5 Å². The third kappa shape index (κ3) is 1.56. The summed E-state index contributed by atoms with van der Waals surface area (Å²) in [6, 6.07) is 3.43. The molecule has 14 heavy (non-hydrogen) atoms. The quantitative estimate of drug-likeness (QED) is 0.620. The van der Waals surface area contributed by atoms with Crippen LogP contribution in [0, 0.1) is 0 Å². The molecule has 0 atom stereocenters. The molecule has 2 heterocycles. The Kier molecular flexibility index (Phi) is 1.90. The van der Waals surface area contributed by atoms with Crippen molar-refractivity contribution in [1.29, 1.82) is 0 Å². The molecule has 7 heteroatoms. The smallest absolute Gasteiger partial charge is 0.225 e. The van der Waals surface area contributed by atoms with Gasteiger partial charge in [0.05, 0.1) is 0 Å².